The maximum Gasteiger partial charge on any atom is 0.255 e. The first-order valence-corrected chi connectivity index (χ1v) is 23.5. The summed E-state index contributed by atoms with van der Waals surface area (Å²) in [7, 11) is 1.71. The fourth-order valence-electron chi connectivity index (χ4n) is 8.15. The highest BCUT2D eigenvalue weighted by Crippen LogP contribution is 2.40. The third kappa shape index (κ3) is 16.7. The van der Waals surface area contributed by atoms with Crippen LogP contribution in [0.4, 0.5) is 11.4 Å². The molecule has 16 nitrogen and oxygen atoms in total. The molecule has 0 aliphatic carbocycles. The highest BCUT2D eigenvalue weighted by atomic mass is 16.6. The molecule has 0 saturated carbocycles. The molecule has 1 fully saturated rings. The van der Waals surface area contributed by atoms with Crippen LogP contribution in [0.5, 0.6) is 5.75 Å². The zero-order chi connectivity index (χ0) is 47.3. The molecule has 0 bridgehead atoms. The van der Waals surface area contributed by atoms with Gasteiger partial charge in [0.15, 0.2) is 0 Å². The number of benzene rings is 2. The van der Waals surface area contributed by atoms with E-state index in [2.05, 4.69) is 65.7 Å². The van der Waals surface area contributed by atoms with Crippen molar-refractivity contribution in [1.29, 1.82) is 0 Å². The third-order valence-electron chi connectivity index (χ3n) is 11.7. The molecular weight excluding hydrogens is 855 g/mol. The van der Waals surface area contributed by atoms with Crippen molar-refractivity contribution in [3.05, 3.63) is 113 Å². The molecule has 67 heavy (non-hydrogen) atoms. The van der Waals surface area contributed by atoms with Crippen LogP contribution in [0.1, 0.15) is 66.5 Å². The van der Waals surface area contributed by atoms with Gasteiger partial charge in [0.25, 0.3) is 5.91 Å². The van der Waals surface area contributed by atoms with E-state index in [0.717, 1.165) is 46.9 Å². The summed E-state index contributed by atoms with van der Waals surface area (Å²) in [6.07, 6.45) is 5.89. The number of fused-ring (bicyclic) bond motifs is 1. The standard InChI is InChI=1S/C51H71N7O9/c1-38-34-57(45(33-54-38)36-61-5)35-48(59)58-37-51(3,4)49-47(58)31-41(32-55-49)29-40-7-6-8-46(30-40)67-28-27-66-26-25-65-24-23-64-22-21-63-20-19-62-18-17-53-39(2)42-9-11-43(12-10-42)50(60)56-44-13-15-52-16-14-44/h6-16,30-32,38-39,45,53-54H,17-29,33-37H2,1-5H3,(H,52,56,60)/t38-,39-,45-/m1/s1. The number of carbonyl (C=O) groups excluding carboxylic acids is 2. The molecule has 3 N–H and O–H groups in total. The second kappa shape index (κ2) is 27.2. The van der Waals surface area contributed by atoms with Gasteiger partial charge in [-0.1, -0.05) is 38.1 Å². The Morgan fingerprint density at radius 1 is 0.836 bits per heavy atom. The van der Waals surface area contributed by atoms with E-state index in [1.54, 1.807) is 31.6 Å². The van der Waals surface area contributed by atoms with Crippen LogP contribution in [-0.2, 0) is 45.1 Å². The number of piperazine rings is 1. The zero-order valence-corrected chi connectivity index (χ0v) is 40.0. The Balaban J connectivity index is 0.753. The molecule has 0 spiro atoms. The number of nitrogens with one attached hydrogen (secondary N) is 3. The van der Waals surface area contributed by atoms with E-state index >= 15 is 0 Å². The lowest BCUT2D eigenvalue weighted by Crippen LogP contribution is -2.59. The second-order valence-electron chi connectivity index (χ2n) is 17.6. The molecule has 2 aromatic heterocycles. The molecule has 16 heteroatoms. The van der Waals surface area contributed by atoms with Gasteiger partial charge in [-0.05, 0) is 79.4 Å². The molecule has 4 heterocycles. The predicted octanol–water partition coefficient (Wildman–Crippen LogP) is 5.07. The van der Waals surface area contributed by atoms with Crippen molar-refractivity contribution in [2.24, 2.45) is 0 Å². The van der Waals surface area contributed by atoms with Gasteiger partial charge in [-0.2, -0.15) is 0 Å². The Labute approximate surface area is 396 Å². The number of nitrogens with zero attached hydrogens (tertiary/aromatic N) is 4. The first-order chi connectivity index (χ1) is 32.6. The lowest BCUT2D eigenvalue weighted by atomic mass is 9.91. The lowest BCUT2D eigenvalue weighted by Gasteiger charge is -2.39. The summed E-state index contributed by atoms with van der Waals surface area (Å²) in [5.41, 5.74) is 6.17. The van der Waals surface area contributed by atoms with Gasteiger partial charge in [0.2, 0.25) is 5.91 Å². The molecule has 0 radical (unpaired) electrons. The maximum absolute atomic E-state index is 13.8. The van der Waals surface area contributed by atoms with E-state index in [1.807, 2.05) is 53.6 Å². The lowest BCUT2D eigenvalue weighted by molar-refractivity contribution is -0.121. The molecule has 3 atom stereocenters. The average molecular weight is 926 g/mol. The Morgan fingerprint density at radius 2 is 1.49 bits per heavy atom. The van der Waals surface area contributed by atoms with Gasteiger partial charge in [-0.3, -0.25) is 24.5 Å². The number of rotatable bonds is 29. The Morgan fingerprint density at radius 3 is 2.16 bits per heavy atom. The van der Waals surface area contributed by atoms with Crippen LogP contribution in [0.15, 0.2) is 85.3 Å². The van der Waals surface area contributed by atoms with Crippen molar-refractivity contribution < 1.29 is 42.7 Å². The molecule has 0 unspecified atom stereocenters. The van der Waals surface area contributed by atoms with Crippen molar-refractivity contribution in [2.45, 2.75) is 57.7 Å². The summed E-state index contributed by atoms with van der Waals surface area (Å²) in [5, 5.41) is 9.82. The monoisotopic (exact) mass is 926 g/mol. The molecule has 2 aromatic carbocycles. The number of hydrogen-bond acceptors (Lipinski definition) is 14. The fourth-order valence-corrected chi connectivity index (χ4v) is 8.15. The number of hydrogen-bond donors (Lipinski definition) is 3. The van der Waals surface area contributed by atoms with Crippen LogP contribution in [0.2, 0.25) is 0 Å². The Kier molecular flexibility index (Phi) is 20.9. The van der Waals surface area contributed by atoms with Crippen molar-refractivity contribution in [3.63, 3.8) is 0 Å². The summed E-state index contributed by atoms with van der Waals surface area (Å²) < 4.78 is 39.7. The third-order valence-corrected chi connectivity index (χ3v) is 11.7. The smallest absolute Gasteiger partial charge is 0.255 e. The first-order valence-electron chi connectivity index (χ1n) is 23.5. The zero-order valence-electron chi connectivity index (χ0n) is 40.0. The molecule has 4 aromatic rings. The van der Waals surface area contributed by atoms with E-state index in [4.69, 9.17) is 38.1 Å². The van der Waals surface area contributed by atoms with Crippen molar-refractivity contribution in [2.75, 3.05) is 129 Å². The molecule has 2 aliphatic rings. The normalized spacial score (nSPS) is 17.3. The van der Waals surface area contributed by atoms with Crippen molar-refractivity contribution in [3.8, 4) is 5.75 Å². The fraction of sp³-hybridized carbons (Fsp3) is 0.529. The number of pyridine rings is 2. The van der Waals surface area contributed by atoms with Crippen LogP contribution in [-0.4, -0.2) is 158 Å². The summed E-state index contributed by atoms with van der Waals surface area (Å²) in [6.45, 7) is 17.7. The Bertz CT molecular complexity index is 2090. The van der Waals surface area contributed by atoms with Gasteiger partial charge in [0.1, 0.15) is 12.4 Å². The van der Waals surface area contributed by atoms with E-state index in [1.165, 1.54) is 0 Å². The SMILES string of the molecule is COC[C@H]1CN[C@H](C)CN1CC(=O)N1CC(C)(C)c2ncc(Cc3cccc(OCCOCCOCCOCCOCCOCCN[C@H](C)c4ccc(C(=O)Nc5ccncc5)cc4)c3)cc21. The predicted molar refractivity (Wildman–Crippen MR) is 258 cm³/mol. The number of ether oxygens (including phenoxy) is 7. The molecule has 1 saturated heterocycles. The number of carbonyl (C=O) groups is 2. The quantitative estimate of drug-likeness (QED) is 0.0619. The number of amides is 2. The van der Waals surface area contributed by atoms with E-state index < -0.39 is 0 Å². The minimum Gasteiger partial charge on any atom is -0.491 e. The van der Waals surface area contributed by atoms with Gasteiger partial charge in [-0.25, -0.2) is 0 Å². The van der Waals surface area contributed by atoms with Crippen LogP contribution >= 0.6 is 0 Å². The van der Waals surface area contributed by atoms with Crippen molar-refractivity contribution in [1.82, 2.24) is 25.5 Å². The number of aromatic nitrogens is 2. The van der Waals surface area contributed by atoms with Crippen molar-refractivity contribution >= 4 is 23.2 Å². The minimum absolute atomic E-state index is 0.0933. The van der Waals surface area contributed by atoms with E-state index in [9.17, 15) is 9.59 Å². The topological polar surface area (TPSA) is 167 Å². The van der Waals surface area contributed by atoms with Gasteiger partial charge < -0.3 is 54.0 Å². The van der Waals surface area contributed by atoms with Crippen LogP contribution in [0, 0.1) is 0 Å². The molecule has 2 aliphatic heterocycles. The minimum atomic E-state index is -0.236. The average Bonchev–Trinajstić information content (AvgIpc) is 3.60. The molecular formula is C51H71N7O9. The van der Waals surface area contributed by atoms with Gasteiger partial charge in [0, 0.05) is 86.7 Å². The van der Waals surface area contributed by atoms with Gasteiger partial charge >= 0.3 is 0 Å². The Hall–Kier alpha value is -4.88. The first kappa shape index (κ1) is 51.5. The van der Waals surface area contributed by atoms with Gasteiger partial charge in [-0.15, -0.1) is 0 Å². The summed E-state index contributed by atoms with van der Waals surface area (Å²) in [4.78, 5) is 39.4. The number of methoxy groups -OCH3 is 1. The van der Waals surface area contributed by atoms with Crippen LogP contribution < -0.4 is 25.6 Å². The van der Waals surface area contributed by atoms with Crippen LogP contribution in [0.3, 0.4) is 0 Å². The van der Waals surface area contributed by atoms with E-state index in [0.29, 0.717) is 123 Å². The highest BCUT2D eigenvalue weighted by Gasteiger charge is 2.40. The highest BCUT2D eigenvalue weighted by molar-refractivity contribution is 6.04. The van der Waals surface area contributed by atoms with E-state index in [-0.39, 0.29) is 29.3 Å². The largest absolute Gasteiger partial charge is 0.491 e. The van der Waals surface area contributed by atoms with Gasteiger partial charge in [0.05, 0.1) is 90.6 Å². The summed E-state index contributed by atoms with van der Waals surface area (Å²) in [5.74, 6) is 0.713. The second-order valence-corrected chi connectivity index (χ2v) is 17.6. The molecule has 364 valence electrons. The molecule has 2 amide bonds. The van der Waals surface area contributed by atoms with Crippen LogP contribution in [0.25, 0.3) is 0 Å². The number of anilines is 2. The molecule has 6 rings (SSSR count). The summed E-state index contributed by atoms with van der Waals surface area (Å²) >= 11 is 0. The summed E-state index contributed by atoms with van der Waals surface area (Å²) in [6, 6.07) is 21.9. The maximum atomic E-state index is 13.8.